The maximum Gasteiger partial charge on any atom is 0.261 e. The first-order valence-electron chi connectivity index (χ1n) is 11.2. The van der Waals surface area contributed by atoms with Crippen molar-refractivity contribution in [2.24, 2.45) is 5.92 Å². The molecule has 1 aliphatic heterocycles. The van der Waals surface area contributed by atoms with Crippen LogP contribution in [0.25, 0.3) is 10.8 Å². The average molecular weight is 453 g/mol. The lowest BCUT2D eigenvalue weighted by Crippen LogP contribution is -2.29. The molecule has 2 N–H and O–H groups in total. The van der Waals surface area contributed by atoms with Gasteiger partial charge >= 0.3 is 0 Å². The smallest absolute Gasteiger partial charge is 0.261 e. The van der Waals surface area contributed by atoms with E-state index in [1.54, 1.807) is 12.1 Å². The lowest BCUT2D eigenvalue weighted by atomic mass is 9.77. The zero-order valence-electron chi connectivity index (χ0n) is 18.0. The summed E-state index contributed by atoms with van der Waals surface area (Å²) in [4.78, 5) is 0.285. The molecule has 164 valence electrons. The van der Waals surface area contributed by atoms with Gasteiger partial charge in [0, 0.05) is 17.0 Å². The highest BCUT2D eigenvalue weighted by molar-refractivity contribution is 7.92. The van der Waals surface area contributed by atoms with Gasteiger partial charge in [0.1, 0.15) is 0 Å². The number of nitrogens with one attached hydrogen (secondary N) is 2. The van der Waals surface area contributed by atoms with Crippen molar-refractivity contribution < 1.29 is 8.42 Å². The van der Waals surface area contributed by atoms with Gasteiger partial charge in [-0.2, -0.15) is 0 Å². The number of anilines is 2. The van der Waals surface area contributed by atoms with Gasteiger partial charge in [-0.3, -0.25) is 4.72 Å². The Balaban J connectivity index is 1.37. The Morgan fingerprint density at radius 2 is 1.64 bits per heavy atom. The van der Waals surface area contributed by atoms with Crippen LogP contribution < -0.4 is 10.0 Å². The predicted octanol–water partition coefficient (Wildman–Crippen LogP) is 6.47. The van der Waals surface area contributed by atoms with Gasteiger partial charge in [0.05, 0.1) is 16.6 Å². The summed E-state index contributed by atoms with van der Waals surface area (Å²) >= 11 is 0. The van der Waals surface area contributed by atoms with Gasteiger partial charge in [0.15, 0.2) is 0 Å². The van der Waals surface area contributed by atoms with Crippen molar-refractivity contribution in [3.05, 3.63) is 114 Å². The van der Waals surface area contributed by atoms with Gasteiger partial charge in [-0.25, -0.2) is 8.42 Å². The van der Waals surface area contributed by atoms with Gasteiger partial charge in [-0.05, 0) is 53.1 Å². The number of allylic oxidation sites excluding steroid dienone is 2. The quantitative estimate of drug-likeness (QED) is 0.349. The van der Waals surface area contributed by atoms with E-state index < -0.39 is 10.0 Å². The van der Waals surface area contributed by atoms with Crippen molar-refractivity contribution >= 4 is 32.2 Å². The first-order valence-corrected chi connectivity index (χ1v) is 12.7. The number of hydrogen-bond acceptors (Lipinski definition) is 3. The Labute approximate surface area is 194 Å². The molecule has 1 heterocycles. The normalized spacial score (nSPS) is 21.3. The molecular weight excluding hydrogens is 428 g/mol. The van der Waals surface area contributed by atoms with Crippen LogP contribution >= 0.6 is 0 Å². The average Bonchev–Trinajstić information content (AvgIpc) is 3.34. The lowest BCUT2D eigenvalue weighted by Gasteiger charge is -2.37. The molecule has 0 radical (unpaired) electrons. The molecule has 0 saturated carbocycles. The minimum absolute atomic E-state index is 0.194. The van der Waals surface area contributed by atoms with E-state index in [0.29, 0.717) is 11.6 Å². The minimum Gasteiger partial charge on any atom is -0.378 e. The predicted molar refractivity (Wildman–Crippen MR) is 134 cm³/mol. The third-order valence-corrected chi connectivity index (χ3v) is 8.20. The van der Waals surface area contributed by atoms with Crippen LogP contribution in [0, 0.1) is 5.92 Å². The SMILES string of the molecule is O=S(=O)(Nc1cccc2ccccc12)c1ccc2c(c1)[C@@H]1C=CC[C@H]1[C@H](c1ccccc1)N2. The number of sulfonamides is 1. The van der Waals surface area contributed by atoms with Crippen LogP contribution in [-0.4, -0.2) is 8.42 Å². The van der Waals surface area contributed by atoms with E-state index in [2.05, 4.69) is 46.5 Å². The van der Waals surface area contributed by atoms with Gasteiger partial charge < -0.3 is 5.32 Å². The van der Waals surface area contributed by atoms with Crippen LogP contribution in [0.1, 0.15) is 29.5 Å². The highest BCUT2D eigenvalue weighted by atomic mass is 32.2. The Morgan fingerprint density at radius 1 is 0.848 bits per heavy atom. The summed E-state index contributed by atoms with van der Waals surface area (Å²) in [5.74, 6) is 0.558. The van der Waals surface area contributed by atoms with Crippen LogP contribution in [0.4, 0.5) is 11.4 Å². The second-order valence-electron chi connectivity index (χ2n) is 8.77. The molecule has 0 amide bonds. The molecule has 0 spiro atoms. The number of benzene rings is 4. The van der Waals surface area contributed by atoms with Crippen LogP contribution in [-0.2, 0) is 10.0 Å². The van der Waals surface area contributed by atoms with Gasteiger partial charge in [0.25, 0.3) is 10.0 Å². The largest absolute Gasteiger partial charge is 0.378 e. The molecule has 0 fully saturated rings. The molecule has 1 aliphatic carbocycles. The van der Waals surface area contributed by atoms with Gasteiger partial charge in [-0.1, -0.05) is 78.9 Å². The van der Waals surface area contributed by atoms with Crippen LogP contribution in [0.2, 0.25) is 0 Å². The van der Waals surface area contributed by atoms with Crippen molar-refractivity contribution in [3.63, 3.8) is 0 Å². The molecule has 0 aromatic heterocycles. The Kier molecular flexibility index (Phi) is 4.73. The lowest BCUT2D eigenvalue weighted by molar-refractivity contribution is 0.425. The first kappa shape index (κ1) is 20.1. The summed E-state index contributed by atoms with van der Waals surface area (Å²) in [5.41, 5.74) is 3.89. The van der Waals surface area contributed by atoms with E-state index in [4.69, 9.17) is 0 Å². The molecule has 2 aliphatic rings. The number of rotatable bonds is 4. The summed E-state index contributed by atoms with van der Waals surface area (Å²) in [6.45, 7) is 0. The molecule has 4 aromatic rings. The van der Waals surface area contributed by atoms with E-state index in [0.717, 1.165) is 28.4 Å². The van der Waals surface area contributed by atoms with E-state index in [9.17, 15) is 8.42 Å². The summed E-state index contributed by atoms with van der Waals surface area (Å²) in [6.07, 6.45) is 5.42. The van der Waals surface area contributed by atoms with Crippen LogP contribution in [0.3, 0.4) is 0 Å². The maximum atomic E-state index is 13.4. The second-order valence-corrected chi connectivity index (χ2v) is 10.4. The molecule has 0 bridgehead atoms. The van der Waals surface area contributed by atoms with E-state index in [-0.39, 0.29) is 16.9 Å². The summed E-state index contributed by atoms with van der Waals surface area (Å²) < 4.78 is 29.5. The molecule has 4 nitrogen and oxygen atoms in total. The van der Waals surface area contributed by atoms with Crippen molar-refractivity contribution in [2.75, 3.05) is 10.0 Å². The summed E-state index contributed by atoms with van der Waals surface area (Å²) in [7, 11) is -3.73. The Hall–Kier alpha value is -3.57. The maximum absolute atomic E-state index is 13.4. The van der Waals surface area contributed by atoms with Crippen LogP contribution in [0.15, 0.2) is 108 Å². The second kappa shape index (κ2) is 7.78. The van der Waals surface area contributed by atoms with Gasteiger partial charge in [0.2, 0.25) is 0 Å². The van der Waals surface area contributed by atoms with Gasteiger partial charge in [-0.15, -0.1) is 0 Å². The zero-order chi connectivity index (χ0) is 22.4. The third-order valence-electron chi connectivity index (χ3n) is 6.84. The Morgan fingerprint density at radius 3 is 2.52 bits per heavy atom. The number of hydrogen-bond donors (Lipinski definition) is 2. The third kappa shape index (κ3) is 3.49. The van der Waals surface area contributed by atoms with E-state index in [1.807, 2.05) is 54.6 Å². The molecule has 6 rings (SSSR count). The fraction of sp³-hybridized carbons (Fsp3) is 0.143. The standard InChI is InChI=1S/C28H24N2O2S/c31-33(32,30-27-15-6-11-19-8-4-5-12-22(19)27)21-16-17-26-25(18-21)23-13-7-14-24(23)28(29-26)20-9-2-1-3-10-20/h1-13,15-18,23-24,28-30H,14H2/t23-,24-,28+/m1/s1. The fourth-order valence-electron chi connectivity index (χ4n) is 5.25. The van der Waals surface area contributed by atoms with Crippen LogP contribution in [0.5, 0.6) is 0 Å². The van der Waals surface area contributed by atoms with E-state index in [1.165, 1.54) is 5.56 Å². The molecule has 33 heavy (non-hydrogen) atoms. The van der Waals surface area contributed by atoms with Crippen molar-refractivity contribution in [2.45, 2.75) is 23.3 Å². The van der Waals surface area contributed by atoms with Crippen molar-refractivity contribution in [1.29, 1.82) is 0 Å². The van der Waals surface area contributed by atoms with E-state index >= 15 is 0 Å². The molecule has 0 unspecified atom stereocenters. The molecular formula is C28H24N2O2S. The van der Waals surface area contributed by atoms with Crippen molar-refractivity contribution in [3.8, 4) is 0 Å². The first-order chi connectivity index (χ1) is 16.1. The zero-order valence-corrected chi connectivity index (χ0v) is 18.8. The topological polar surface area (TPSA) is 58.2 Å². The molecule has 3 atom stereocenters. The summed E-state index contributed by atoms with van der Waals surface area (Å²) in [5, 5.41) is 5.56. The Bertz CT molecular complexity index is 1470. The highest BCUT2D eigenvalue weighted by Gasteiger charge is 2.38. The highest BCUT2D eigenvalue weighted by Crippen LogP contribution is 2.50. The summed E-state index contributed by atoms with van der Waals surface area (Å²) in [6, 6.07) is 29.6. The fourth-order valence-corrected chi connectivity index (χ4v) is 6.36. The minimum atomic E-state index is -3.73. The molecule has 0 saturated heterocycles. The molecule has 5 heteroatoms. The molecule has 4 aromatic carbocycles. The monoisotopic (exact) mass is 452 g/mol. The van der Waals surface area contributed by atoms with Crippen molar-refractivity contribution in [1.82, 2.24) is 0 Å². The number of fused-ring (bicyclic) bond motifs is 4.